The molecule has 2 heterocycles. The number of carbonyl (C=O) groups excluding carboxylic acids is 4. The van der Waals surface area contributed by atoms with Crippen molar-refractivity contribution in [2.24, 2.45) is 0 Å². The van der Waals surface area contributed by atoms with E-state index < -0.39 is 35.8 Å². The predicted molar refractivity (Wildman–Crippen MR) is 232 cm³/mol. The van der Waals surface area contributed by atoms with Crippen molar-refractivity contribution >= 4 is 61.5 Å². The van der Waals surface area contributed by atoms with Gasteiger partial charge in [0.2, 0.25) is 11.8 Å². The number of phenolic OH excluding ortho intramolecular Hbond substituents is 1. The number of benzene rings is 3. The van der Waals surface area contributed by atoms with Crippen LogP contribution in [-0.2, 0) is 25.5 Å². The van der Waals surface area contributed by atoms with E-state index in [2.05, 4.69) is 69.8 Å². The highest BCUT2D eigenvalue weighted by atomic mass is 79.9. The number of alkyl carbamates (subject to hydrolysis) is 2. The van der Waals surface area contributed by atoms with E-state index in [-0.39, 0.29) is 30.6 Å². The van der Waals surface area contributed by atoms with Crippen LogP contribution >= 0.6 is 31.9 Å². The number of halogens is 2. The fraction of sp³-hybridized carbons (Fsp3) is 0.386. The zero-order chi connectivity index (χ0) is 42.1. The first-order chi connectivity index (χ1) is 28.3. The highest BCUT2D eigenvalue weighted by molar-refractivity contribution is 9.11. The molecule has 15 heteroatoms. The molecule has 3 aromatic carbocycles. The summed E-state index contributed by atoms with van der Waals surface area (Å²) in [5, 5.41) is 18.9. The maximum Gasteiger partial charge on any atom is 0.407 e. The fourth-order valence-electron chi connectivity index (χ4n) is 7.43. The number of aromatic hydroxyl groups is 1. The van der Waals surface area contributed by atoms with Gasteiger partial charge in [0.25, 0.3) is 0 Å². The molecular weight excluding hydrogens is 884 g/mol. The van der Waals surface area contributed by atoms with E-state index in [4.69, 9.17) is 9.47 Å². The molecule has 1 saturated heterocycles. The molecule has 0 spiro atoms. The second-order valence-electron chi connectivity index (χ2n) is 15.6. The Morgan fingerprint density at radius 1 is 0.831 bits per heavy atom. The Morgan fingerprint density at radius 2 is 1.44 bits per heavy atom. The minimum Gasteiger partial charge on any atom is -0.506 e. The molecule has 1 aliphatic carbocycles. The van der Waals surface area contributed by atoms with Crippen molar-refractivity contribution in [3.8, 4) is 16.9 Å². The maximum absolute atomic E-state index is 14.3. The summed E-state index contributed by atoms with van der Waals surface area (Å²) < 4.78 is 12.0. The number of amides is 4. The summed E-state index contributed by atoms with van der Waals surface area (Å²) in [6.45, 7) is 7.85. The van der Waals surface area contributed by atoms with Gasteiger partial charge >= 0.3 is 12.2 Å². The molecule has 2 atom stereocenters. The average molecular weight is 935 g/mol. The highest BCUT2D eigenvalue weighted by Gasteiger charge is 2.33. The second kappa shape index (κ2) is 19.7. The zero-order valence-electron chi connectivity index (χ0n) is 33.4. The van der Waals surface area contributed by atoms with E-state index >= 15 is 0 Å². The molecule has 6 rings (SSSR count). The van der Waals surface area contributed by atoms with E-state index in [0.717, 1.165) is 27.9 Å². The average Bonchev–Trinajstić information content (AvgIpc) is 3.54. The van der Waals surface area contributed by atoms with E-state index in [0.29, 0.717) is 66.5 Å². The third kappa shape index (κ3) is 11.5. The first-order valence-corrected chi connectivity index (χ1v) is 21.4. The number of hydrogen-bond acceptors (Lipinski definition) is 9. The molecule has 4 N–H and O–H groups in total. The molecular formula is C44H50Br2N6O7. The molecule has 2 unspecified atom stereocenters. The maximum atomic E-state index is 14.3. The normalized spacial score (nSPS) is 14.7. The summed E-state index contributed by atoms with van der Waals surface area (Å²) in [4.78, 5) is 62.5. The molecule has 4 aromatic rings. The standard InChI is InChI=1S/C44H50Br2N6O7/c1-44(2,3)59-42(56)48-17-9-8-14-37(41(55)52-22-20-51(21-23-52)29-15-18-47-19-16-29)49-40(54)38(26-28-24-35(45)39(53)36(46)25-28)50-43(57)58-27-34-32-12-6-4-10-30(32)31-11-5-7-13-33(31)34/h4-7,10-13,15-16,18-19,24-25,34,37-38,53H,8-9,14,17,20-23,26-27H2,1-3H3,(H,48,56)(H,49,54)(H,50,57). The van der Waals surface area contributed by atoms with E-state index in [1.54, 1.807) is 50.2 Å². The number of unbranched alkanes of at least 4 members (excludes halogenated alkanes) is 1. The van der Waals surface area contributed by atoms with E-state index in [1.165, 1.54) is 0 Å². The number of carbonyl (C=O) groups is 4. The first-order valence-electron chi connectivity index (χ1n) is 19.8. The Morgan fingerprint density at radius 3 is 2.05 bits per heavy atom. The van der Waals surface area contributed by atoms with Crippen LogP contribution in [0.15, 0.2) is 94.1 Å². The number of ether oxygens (including phenoxy) is 2. The largest absolute Gasteiger partial charge is 0.506 e. The molecule has 2 aliphatic rings. The second-order valence-corrected chi connectivity index (χ2v) is 17.3. The van der Waals surface area contributed by atoms with Gasteiger partial charge in [-0.3, -0.25) is 14.6 Å². The van der Waals surface area contributed by atoms with Gasteiger partial charge < -0.3 is 40.3 Å². The molecule has 59 heavy (non-hydrogen) atoms. The lowest BCUT2D eigenvalue weighted by molar-refractivity contribution is -0.137. The predicted octanol–water partition coefficient (Wildman–Crippen LogP) is 7.29. The molecule has 4 amide bonds. The van der Waals surface area contributed by atoms with Crippen LogP contribution in [0.4, 0.5) is 15.3 Å². The summed E-state index contributed by atoms with van der Waals surface area (Å²) in [6, 6.07) is 21.2. The summed E-state index contributed by atoms with van der Waals surface area (Å²) in [7, 11) is 0. The number of rotatable bonds is 14. The Balaban J connectivity index is 1.16. The fourth-order valence-corrected chi connectivity index (χ4v) is 8.71. The minimum atomic E-state index is -1.15. The number of piperazine rings is 1. The zero-order valence-corrected chi connectivity index (χ0v) is 36.6. The quantitative estimate of drug-likeness (QED) is 0.0952. The van der Waals surface area contributed by atoms with Crippen molar-refractivity contribution in [1.82, 2.24) is 25.8 Å². The van der Waals surface area contributed by atoms with Crippen LogP contribution in [0, 0.1) is 0 Å². The number of nitrogens with one attached hydrogen (secondary N) is 3. The monoisotopic (exact) mass is 932 g/mol. The van der Waals surface area contributed by atoms with Gasteiger partial charge in [-0.2, -0.15) is 0 Å². The molecule has 1 aromatic heterocycles. The Bertz CT molecular complexity index is 2060. The smallest absolute Gasteiger partial charge is 0.407 e. The number of pyridine rings is 1. The minimum absolute atomic E-state index is 0.00454. The lowest BCUT2D eigenvalue weighted by Gasteiger charge is -2.37. The van der Waals surface area contributed by atoms with Crippen molar-refractivity contribution in [2.45, 2.75) is 70.1 Å². The molecule has 13 nitrogen and oxygen atoms in total. The molecule has 1 fully saturated rings. The van der Waals surface area contributed by atoms with Crippen LogP contribution in [0.25, 0.3) is 11.1 Å². The van der Waals surface area contributed by atoms with Gasteiger partial charge in [-0.1, -0.05) is 48.5 Å². The number of phenols is 1. The molecule has 312 valence electrons. The SMILES string of the molecule is CC(C)(C)OC(=O)NCCCCC(NC(=O)C(Cc1cc(Br)c(O)c(Br)c1)NC(=O)OCC1c2ccccc2-c2ccccc21)C(=O)N1CCN(c2ccncc2)CC1. The lowest BCUT2D eigenvalue weighted by Crippen LogP contribution is -2.58. The van der Waals surface area contributed by atoms with Crippen LogP contribution < -0.4 is 20.9 Å². The van der Waals surface area contributed by atoms with Crippen LogP contribution in [0.3, 0.4) is 0 Å². The van der Waals surface area contributed by atoms with Crippen LogP contribution in [0.2, 0.25) is 0 Å². The van der Waals surface area contributed by atoms with Crippen LogP contribution in [0.1, 0.15) is 62.6 Å². The van der Waals surface area contributed by atoms with Gasteiger partial charge in [0.1, 0.15) is 30.0 Å². The number of fused-ring (bicyclic) bond motifs is 3. The number of nitrogens with zero attached hydrogens (tertiary/aromatic N) is 3. The van der Waals surface area contributed by atoms with Crippen molar-refractivity contribution in [3.05, 3.63) is 111 Å². The Kier molecular flexibility index (Phi) is 14.5. The number of anilines is 1. The van der Waals surface area contributed by atoms with Crippen molar-refractivity contribution < 1.29 is 33.8 Å². The van der Waals surface area contributed by atoms with Gasteiger partial charge in [0.05, 0.1) is 8.95 Å². The van der Waals surface area contributed by atoms with Crippen LogP contribution in [-0.4, -0.2) is 96.0 Å². The van der Waals surface area contributed by atoms with Crippen molar-refractivity contribution in [3.63, 3.8) is 0 Å². The summed E-state index contributed by atoms with van der Waals surface area (Å²) in [6.07, 6.45) is 3.51. The third-order valence-electron chi connectivity index (χ3n) is 10.3. The van der Waals surface area contributed by atoms with Gasteiger partial charge in [0, 0.05) is 63.1 Å². The van der Waals surface area contributed by atoms with Gasteiger partial charge in [-0.15, -0.1) is 0 Å². The highest BCUT2D eigenvalue weighted by Crippen LogP contribution is 2.44. The molecule has 0 radical (unpaired) electrons. The summed E-state index contributed by atoms with van der Waals surface area (Å²) >= 11 is 6.73. The topological polar surface area (TPSA) is 162 Å². The third-order valence-corrected chi connectivity index (χ3v) is 11.5. The van der Waals surface area contributed by atoms with Gasteiger partial charge in [-0.05, 0) is 124 Å². The Labute approximate surface area is 361 Å². The van der Waals surface area contributed by atoms with Gasteiger partial charge in [0.15, 0.2) is 0 Å². The number of aromatic nitrogens is 1. The molecule has 0 saturated carbocycles. The van der Waals surface area contributed by atoms with Crippen molar-refractivity contribution in [2.75, 3.05) is 44.2 Å². The lowest BCUT2D eigenvalue weighted by atomic mass is 9.98. The number of hydrogen-bond donors (Lipinski definition) is 4. The van der Waals surface area contributed by atoms with E-state index in [9.17, 15) is 24.3 Å². The Hall–Kier alpha value is -5.15. The van der Waals surface area contributed by atoms with Crippen LogP contribution in [0.5, 0.6) is 5.75 Å². The summed E-state index contributed by atoms with van der Waals surface area (Å²) in [5.74, 6) is -0.993. The van der Waals surface area contributed by atoms with Crippen molar-refractivity contribution in [1.29, 1.82) is 0 Å². The first kappa shape index (κ1) is 43.4. The van der Waals surface area contributed by atoms with E-state index in [1.807, 2.05) is 48.5 Å². The van der Waals surface area contributed by atoms with Gasteiger partial charge in [-0.25, -0.2) is 9.59 Å². The molecule has 1 aliphatic heterocycles. The molecule has 0 bridgehead atoms. The summed E-state index contributed by atoms with van der Waals surface area (Å²) in [5.41, 5.74) is 5.30.